The lowest BCUT2D eigenvalue weighted by molar-refractivity contribution is 0.463. The van der Waals surface area contributed by atoms with Gasteiger partial charge in [0.1, 0.15) is 0 Å². The third-order valence-corrected chi connectivity index (χ3v) is 6.77. The van der Waals surface area contributed by atoms with Crippen molar-refractivity contribution in [2.45, 2.75) is 18.7 Å². The molecule has 0 N–H and O–H groups in total. The van der Waals surface area contributed by atoms with Gasteiger partial charge in [0.05, 0.1) is 4.90 Å². The molecule has 0 aliphatic carbocycles. The SMILES string of the molecule is CC1CN(S(=O)(=O)c2ccc(Br)cc2Br)CC1C. The van der Waals surface area contributed by atoms with Gasteiger partial charge in [-0.15, -0.1) is 0 Å². The maximum Gasteiger partial charge on any atom is 0.244 e. The fourth-order valence-electron chi connectivity index (χ4n) is 2.10. The van der Waals surface area contributed by atoms with E-state index < -0.39 is 10.0 Å². The Morgan fingerprint density at radius 3 is 2.22 bits per heavy atom. The summed E-state index contributed by atoms with van der Waals surface area (Å²) in [6, 6.07) is 5.15. The maximum absolute atomic E-state index is 12.5. The second kappa shape index (κ2) is 5.23. The van der Waals surface area contributed by atoms with Crippen LogP contribution in [0.2, 0.25) is 0 Å². The van der Waals surface area contributed by atoms with Crippen molar-refractivity contribution < 1.29 is 8.42 Å². The van der Waals surface area contributed by atoms with Crippen LogP contribution in [0, 0.1) is 11.8 Å². The van der Waals surface area contributed by atoms with Crippen LogP contribution < -0.4 is 0 Å². The van der Waals surface area contributed by atoms with E-state index in [1.165, 1.54) is 0 Å². The minimum Gasteiger partial charge on any atom is -0.207 e. The molecule has 2 atom stereocenters. The predicted molar refractivity (Wildman–Crippen MR) is 78.9 cm³/mol. The van der Waals surface area contributed by atoms with Gasteiger partial charge >= 0.3 is 0 Å². The summed E-state index contributed by atoms with van der Waals surface area (Å²) in [5.41, 5.74) is 0. The van der Waals surface area contributed by atoms with Gasteiger partial charge in [-0.25, -0.2) is 8.42 Å². The number of hydrogen-bond acceptors (Lipinski definition) is 2. The summed E-state index contributed by atoms with van der Waals surface area (Å²) >= 11 is 6.65. The number of nitrogens with zero attached hydrogens (tertiary/aromatic N) is 1. The Labute approximate surface area is 125 Å². The summed E-state index contributed by atoms with van der Waals surface area (Å²) in [6.45, 7) is 5.39. The maximum atomic E-state index is 12.5. The summed E-state index contributed by atoms with van der Waals surface area (Å²) in [6.07, 6.45) is 0. The highest BCUT2D eigenvalue weighted by atomic mass is 79.9. The van der Waals surface area contributed by atoms with Gasteiger partial charge in [-0.3, -0.25) is 0 Å². The van der Waals surface area contributed by atoms with Crippen LogP contribution >= 0.6 is 31.9 Å². The molecule has 1 fully saturated rings. The van der Waals surface area contributed by atoms with E-state index in [0.717, 1.165) is 4.47 Å². The topological polar surface area (TPSA) is 37.4 Å². The number of rotatable bonds is 2. The third-order valence-electron chi connectivity index (χ3n) is 3.47. The van der Waals surface area contributed by atoms with E-state index in [-0.39, 0.29) is 0 Å². The molecule has 0 saturated carbocycles. The summed E-state index contributed by atoms with van der Waals surface area (Å²) in [5.74, 6) is 0.822. The van der Waals surface area contributed by atoms with Crippen LogP contribution in [0.4, 0.5) is 0 Å². The van der Waals surface area contributed by atoms with Crippen molar-refractivity contribution in [2.24, 2.45) is 11.8 Å². The second-order valence-corrected chi connectivity index (χ2v) is 8.53. The molecule has 1 saturated heterocycles. The minimum absolute atomic E-state index is 0.340. The zero-order valence-electron chi connectivity index (χ0n) is 10.2. The van der Waals surface area contributed by atoms with E-state index in [0.29, 0.717) is 34.3 Å². The zero-order chi connectivity index (χ0) is 13.5. The normalized spacial score (nSPS) is 25.6. The van der Waals surface area contributed by atoms with Crippen LogP contribution in [0.5, 0.6) is 0 Å². The van der Waals surface area contributed by atoms with Gasteiger partial charge in [0.25, 0.3) is 0 Å². The van der Waals surface area contributed by atoms with E-state index >= 15 is 0 Å². The molecule has 1 aromatic carbocycles. The molecule has 1 aliphatic heterocycles. The first-order valence-electron chi connectivity index (χ1n) is 5.77. The van der Waals surface area contributed by atoms with Gasteiger partial charge in [0.2, 0.25) is 10.0 Å². The van der Waals surface area contributed by atoms with Crippen molar-refractivity contribution in [1.82, 2.24) is 4.31 Å². The predicted octanol–water partition coefficient (Wildman–Crippen LogP) is 3.49. The van der Waals surface area contributed by atoms with E-state index in [2.05, 4.69) is 45.7 Å². The molecule has 18 heavy (non-hydrogen) atoms. The smallest absolute Gasteiger partial charge is 0.207 e. The summed E-state index contributed by atoms with van der Waals surface area (Å²) < 4.78 is 28.1. The number of benzene rings is 1. The summed E-state index contributed by atoms with van der Waals surface area (Å²) in [5, 5.41) is 0. The number of halogens is 2. The van der Waals surface area contributed by atoms with Crippen LogP contribution in [0.1, 0.15) is 13.8 Å². The van der Waals surface area contributed by atoms with E-state index in [1.54, 1.807) is 22.5 Å². The van der Waals surface area contributed by atoms with Gasteiger partial charge in [0, 0.05) is 22.0 Å². The van der Waals surface area contributed by atoms with Gasteiger partial charge in [0.15, 0.2) is 0 Å². The van der Waals surface area contributed by atoms with Crippen molar-refractivity contribution >= 4 is 41.9 Å². The Morgan fingerprint density at radius 1 is 1.17 bits per heavy atom. The fourth-order valence-corrected chi connectivity index (χ4v) is 5.44. The molecule has 100 valence electrons. The molecule has 2 rings (SSSR count). The molecule has 0 aromatic heterocycles. The lowest BCUT2D eigenvalue weighted by Gasteiger charge is -2.17. The Morgan fingerprint density at radius 2 is 1.72 bits per heavy atom. The van der Waals surface area contributed by atoms with E-state index in [9.17, 15) is 8.42 Å². The average molecular weight is 397 g/mol. The second-order valence-electron chi connectivity index (χ2n) is 4.85. The zero-order valence-corrected chi connectivity index (χ0v) is 14.2. The van der Waals surface area contributed by atoms with Gasteiger partial charge in [-0.2, -0.15) is 4.31 Å². The molecule has 1 aliphatic rings. The molecule has 1 heterocycles. The van der Waals surface area contributed by atoms with Gasteiger partial charge in [-0.1, -0.05) is 29.8 Å². The lowest BCUT2D eigenvalue weighted by atomic mass is 10.0. The van der Waals surface area contributed by atoms with Crippen molar-refractivity contribution in [1.29, 1.82) is 0 Å². The quantitative estimate of drug-likeness (QED) is 0.767. The fraction of sp³-hybridized carbons (Fsp3) is 0.500. The lowest BCUT2D eigenvalue weighted by Crippen LogP contribution is -2.29. The van der Waals surface area contributed by atoms with Crippen molar-refractivity contribution in [2.75, 3.05) is 13.1 Å². The third kappa shape index (κ3) is 2.66. The molecule has 0 amide bonds. The number of sulfonamides is 1. The van der Waals surface area contributed by atoms with Crippen LogP contribution in [0.15, 0.2) is 32.0 Å². The molecular formula is C12H15Br2NO2S. The van der Waals surface area contributed by atoms with Gasteiger partial charge < -0.3 is 0 Å². The molecule has 0 bridgehead atoms. The largest absolute Gasteiger partial charge is 0.244 e. The van der Waals surface area contributed by atoms with Crippen LogP contribution in [0.25, 0.3) is 0 Å². The first kappa shape index (κ1) is 14.5. The Hall–Kier alpha value is 0.0900. The first-order valence-corrected chi connectivity index (χ1v) is 8.80. The number of hydrogen-bond donors (Lipinski definition) is 0. The standard InChI is InChI=1S/C12H15Br2NO2S/c1-8-6-15(7-9(8)2)18(16,17)12-4-3-10(13)5-11(12)14/h3-5,8-9H,6-7H2,1-2H3. The van der Waals surface area contributed by atoms with E-state index in [4.69, 9.17) is 0 Å². The van der Waals surface area contributed by atoms with E-state index in [1.807, 2.05) is 0 Å². The van der Waals surface area contributed by atoms with Crippen molar-refractivity contribution in [3.05, 3.63) is 27.1 Å². The highest BCUT2D eigenvalue weighted by Crippen LogP contribution is 2.32. The molecule has 3 nitrogen and oxygen atoms in total. The van der Waals surface area contributed by atoms with Crippen LogP contribution in [-0.4, -0.2) is 25.8 Å². The van der Waals surface area contributed by atoms with Crippen molar-refractivity contribution in [3.63, 3.8) is 0 Å². The molecule has 6 heteroatoms. The molecule has 0 radical (unpaired) electrons. The molecular weight excluding hydrogens is 382 g/mol. The Bertz CT molecular complexity index is 549. The molecule has 0 spiro atoms. The summed E-state index contributed by atoms with van der Waals surface area (Å²) in [7, 11) is -3.39. The minimum atomic E-state index is -3.39. The summed E-state index contributed by atoms with van der Waals surface area (Å²) in [4.78, 5) is 0.340. The first-order chi connectivity index (χ1) is 8.32. The Kier molecular flexibility index (Phi) is 4.21. The molecule has 1 aromatic rings. The highest BCUT2D eigenvalue weighted by Gasteiger charge is 2.35. The average Bonchev–Trinajstić information content (AvgIpc) is 2.59. The monoisotopic (exact) mass is 395 g/mol. The van der Waals surface area contributed by atoms with Gasteiger partial charge in [-0.05, 0) is 46.0 Å². The Balaban J connectivity index is 2.37. The van der Waals surface area contributed by atoms with Crippen LogP contribution in [0.3, 0.4) is 0 Å². The van der Waals surface area contributed by atoms with Crippen molar-refractivity contribution in [3.8, 4) is 0 Å². The van der Waals surface area contributed by atoms with Crippen LogP contribution in [-0.2, 0) is 10.0 Å². The molecule has 2 unspecified atom stereocenters. The highest BCUT2D eigenvalue weighted by molar-refractivity contribution is 9.11.